The number of carbonyl (C=O) groups excluding carboxylic acids is 1. The molecule has 136 valence electrons. The first-order valence-corrected chi connectivity index (χ1v) is 8.49. The van der Waals surface area contributed by atoms with Gasteiger partial charge in [0.1, 0.15) is 0 Å². The van der Waals surface area contributed by atoms with Crippen molar-refractivity contribution in [2.75, 3.05) is 25.0 Å². The van der Waals surface area contributed by atoms with Crippen LogP contribution in [0.2, 0.25) is 5.02 Å². The third-order valence-electron chi connectivity index (χ3n) is 4.48. The molecule has 1 atom stereocenters. The first-order valence-electron chi connectivity index (χ1n) is 8.11. The Morgan fingerprint density at radius 3 is 2.88 bits per heavy atom. The second-order valence-electron chi connectivity index (χ2n) is 6.21. The number of likely N-dealkylation sites (N-methyl/N-ethyl adjacent to an activating group) is 1. The number of nitro benzene ring substituents is 1. The predicted octanol–water partition coefficient (Wildman–Crippen LogP) is 2.70. The summed E-state index contributed by atoms with van der Waals surface area (Å²) in [6.45, 7) is 0.920. The summed E-state index contributed by atoms with van der Waals surface area (Å²) in [5.41, 5.74) is 2.81. The van der Waals surface area contributed by atoms with Crippen molar-refractivity contribution in [3.05, 3.63) is 68.2 Å². The Bertz CT molecular complexity index is 872. The number of aliphatic hydroxyl groups excluding tert-OH is 1. The molecule has 0 aromatic heterocycles. The topological polar surface area (TPSA) is 95.7 Å². The number of nitrogens with zero attached hydrogens (tertiary/aromatic N) is 2. The smallest absolute Gasteiger partial charge is 0.270 e. The molecule has 2 aromatic carbocycles. The molecule has 2 N–H and O–H groups in total. The molecular weight excluding hydrogens is 358 g/mol. The number of non-ortho nitro benzene ring substituents is 1. The number of anilines is 1. The predicted molar refractivity (Wildman–Crippen MR) is 98.8 cm³/mol. The molecule has 0 saturated heterocycles. The first kappa shape index (κ1) is 18.2. The van der Waals surface area contributed by atoms with E-state index in [9.17, 15) is 20.0 Å². The minimum atomic E-state index is -0.882. The van der Waals surface area contributed by atoms with Crippen molar-refractivity contribution in [2.24, 2.45) is 0 Å². The van der Waals surface area contributed by atoms with Gasteiger partial charge in [-0.25, -0.2) is 0 Å². The molecule has 1 heterocycles. The summed E-state index contributed by atoms with van der Waals surface area (Å²) in [5, 5.41) is 23.9. The van der Waals surface area contributed by atoms with Gasteiger partial charge in [0.2, 0.25) is 0 Å². The molecule has 0 saturated carbocycles. The van der Waals surface area contributed by atoms with E-state index in [1.807, 2.05) is 25.2 Å². The molecular formula is C18H18ClN3O4. The van der Waals surface area contributed by atoms with E-state index in [2.05, 4.69) is 10.2 Å². The van der Waals surface area contributed by atoms with Crippen LogP contribution in [0.5, 0.6) is 0 Å². The van der Waals surface area contributed by atoms with Gasteiger partial charge in [-0.15, -0.1) is 0 Å². The molecule has 1 aliphatic heterocycles. The zero-order valence-corrected chi connectivity index (χ0v) is 14.9. The number of carbonyl (C=O) groups is 1. The lowest BCUT2D eigenvalue weighted by atomic mass is 10.0. The fourth-order valence-corrected chi connectivity index (χ4v) is 3.20. The minimum absolute atomic E-state index is 0.00337. The summed E-state index contributed by atoms with van der Waals surface area (Å²) >= 11 is 5.96. The number of nitro groups is 1. The molecule has 3 rings (SSSR count). The number of hydrogen-bond acceptors (Lipinski definition) is 5. The van der Waals surface area contributed by atoms with Gasteiger partial charge < -0.3 is 15.3 Å². The number of hydrogen-bond donors (Lipinski definition) is 2. The van der Waals surface area contributed by atoms with Crippen LogP contribution >= 0.6 is 11.6 Å². The largest absolute Gasteiger partial charge is 0.387 e. The van der Waals surface area contributed by atoms with Crippen molar-refractivity contribution in [2.45, 2.75) is 12.5 Å². The Morgan fingerprint density at radius 1 is 1.38 bits per heavy atom. The van der Waals surface area contributed by atoms with Crippen LogP contribution in [0.25, 0.3) is 0 Å². The van der Waals surface area contributed by atoms with Crippen molar-refractivity contribution in [1.82, 2.24) is 5.32 Å². The number of fused-ring (bicyclic) bond motifs is 1. The normalized spacial score (nSPS) is 14.0. The van der Waals surface area contributed by atoms with E-state index in [1.54, 1.807) is 0 Å². The van der Waals surface area contributed by atoms with Gasteiger partial charge in [0.05, 0.1) is 21.6 Å². The van der Waals surface area contributed by atoms with Gasteiger partial charge in [-0.05, 0) is 29.7 Å². The van der Waals surface area contributed by atoms with Crippen LogP contribution in [-0.4, -0.2) is 36.1 Å². The second kappa shape index (κ2) is 7.31. The lowest BCUT2D eigenvalue weighted by molar-refractivity contribution is -0.384. The Kier molecular flexibility index (Phi) is 5.11. The molecule has 1 unspecified atom stereocenters. The van der Waals surface area contributed by atoms with E-state index < -0.39 is 16.9 Å². The fraction of sp³-hybridized carbons (Fsp3) is 0.278. The zero-order chi connectivity index (χ0) is 18.8. The van der Waals surface area contributed by atoms with Gasteiger partial charge >= 0.3 is 0 Å². The molecule has 7 nitrogen and oxygen atoms in total. The number of halogens is 1. The Hall–Kier alpha value is -2.64. The van der Waals surface area contributed by atoms with Crippen LogP contribution in [-0.2, 0) is 6.42 Å². The molecule has 0 fully saturated rings. The lowest BCUT2D eigenvalue weighted by Crippen LogP contribution is -2.28. The molecule has 1 amide bonds. The highest BCUT2D eigenvalue weighted by atomic mass is 35.5. The van der Waals surface area contributed by atoms with Crippen molar-refractivity contribution in [3.63, 3.8) is 0 Å². The summed E-state index contributed by atoms with van der Waals surface area (Å²) in [4.78, 5) is 24.7. The van der Waals surface area contributed by atoms with Gasteiger partial charge in [-0.3, -0.25) is 14.9 Å². The average molecular weight is 376 g/mol. The maximum Gasteiger partial charge on any atom is 0.270 e. The molecule has 2 aromatic rings. The van der Waals surface area contributed by atoms with Crippen LogP contribution < -0.4 is 10.2 Å². The number of aliphatic hydroxyl groups is 1. The van der Waals surface area contributed by atoms with Crippen molar-refractivity contribution < 1.29 is 14.8 Å². The summed E-state index contributed by atoms with van der Waals surface area (Å²) in [6, 6.07) is 9.39. The Labute approximate surface area is 155 Å². The summed E-state index contributed by atoms with van der Waals surface area (Å²) < 4.78 is 0. The SMILES string of the molecule is CN1CCc2cc(C(O)CNC(=O)c3cc([N+](=O)[O-])ccc3Cl)ccc21. The van der Waals surface area contributed by atoms with Crippen molar-refractivity contribution in [1.29, 1.82) is 0 Å². The molecule has 0 radical (unpaired) electrons. The van der Waals surface area contributed by atoms with Crippen LogP contribution in [0, 0.1) is 10.1 Å². The molecule has 0 aliphatic carbocycles. The fourth-order valence-electron chi connectivity index (χ4n) is 3.00. The maximum absolute atomic E-state index is 12.3. The highest BCUT2D eigenvalue weighted by Gasteiger charge is 2.20. The average Bonchev–Trinajstić information content (AvgIpc) is 3.00. The highest BCUT2D eigenvalue weighted by molar-refractivity contribution is 6.33. The second-order valence-corrected chi connectivity index (χ2v) is 6.61. The summed E-state index contributed by atoms with van der Waals surface area (Å²) in [5.74, 6) is -0.571. The van der Waals surface area contributed by atoms with Gasteiger partial charge in [0.25, 0.3) is 11.6 Å². The molecule has 26 heavy (non-hydrogen) atoms. The van der Waals surface area contributed by atoms with Gasteiger partial charge in [-0.2, -0.15) is 0 Å². The van der Waals surface area contributed by atoms with E-state index in [0.29, 0.717) is 5.56 Å². The minimum Gasteiger partial charge on any atom is -0.387 e. The van der Waals surface area contributed by atoms with Gasteiger partial charge in [-0.1, -0.05) is 23.7 Å². The van der Waals surface area contributed by atoms with E-state index in [1.165, 1.54) is 12.1 Å². The molecule has 1 aliphatic rings. The highest BCUT2D eigenvalue weighted by Crippen LogP contribution is 2.29. The Morgan fingerprint density at radius 2 is 2.15 bits per heavy atom. The number of amides is 1. The molecule has 8 heteroatoms. The Balaban J connectivity index is 1.68. The number of benzene rings is 2. The van der Waals surface area contributed by atoms with Crippen LogP contribution in [0.3, 0.4) is 0 Å². The molecule has 0 spiro atoms. The van der Waals surface area contributed by atoms with Crippen molar-refractivity contribution in [3.8, 4) is 0 Å². The molecule has 0 bridgehead atoms. The number of nitrogens with one attached hydrogen (secondary N) is 1. The standard InChI is InChI=1S/C18H18ClN3O4/c1-21-7-6-11-8-12(2-5-16(11)21)17(23)10-20-18(24)14-9-13(22(25)26)3-4-15(14)19/h2-5,8-9,17,23H,6-7,10H2,1H3,(H,20,24). The van der Waals surface area contributed by atoms with Crippen LogP contribution in [0.1, 0.15) is 27.6 Å². The monoisotopic (exact) mass is 375 g/mol. The van der Waals surface area contributed by atoms with Gasteiger partial charge in [0.15, 0.2) is 0 Å². The van der Waals surface area contributed by atoms with Gasteiger partial charge in [0, 0.05) is 38.0 Å². The first-order chi connectivity index (χ1) is 12.4. The van der Waals surface area contributed by atoms with Crippen LogP contribution in [0.4, 0.5) is 11.4 Å². The van der Waals surface area contributed by atoms with E-state index >= 15 is 0 Å². The summed E-state index contributed by atoms with van der Waals surface area (Å²) in [6.07, 6.45) is 0.0369. The third-order valence-corrected chi connectivity index (χ3v) is 4.81. The zero-order valence-electron chi connectivity index (χ0n) is 14.1. The maximum atomic E-state index is 12.3. The van der Waals surface area contributed by atoms with Crippen molar-refractivity contribution >= 4 is 28.9 Å². The van der Waals surface area contributed by atoms with Crippen LogP contribution in [0.15, 0.2) is 36.4 Å². The van der Waals surface area contributed by atoms with E-state index in [-0.39, 0.29) is 22.8 Å². The summed E-state index contributed by atoms with van der Waals surface area (Å²) in [7, 11) is 2.02. The van der Waals surface area contributed by atoms with E-state index in [4.69, 9.17) is 11.6 Å². The number of rotatable bonds is 5. The quantitative estimate of drug-likeness (QED) is 0.618. The lowest BCUT2D eigenvalue weighted by Gasteiger charge is -2.16. The third kappa shape index (κ3) is 3.63. The van der Waals surface area contributed by atoms with E-state index in [0.717, 1.165) is 30.3 Å².